The molecule has 0 saturated carbocycles. The van der Waals surface area contributed by atoms with Gasteiger partial charge in [-0.1, -0.05) is 41.4 Å². The number of methoxy groups -OCH3 is 1. The standard InChI is InChI=1S/C19H15Cl2NO5/c1-26-19(25)13-4-2-3-5-16(13)22-17(23)11-27-18(24)9-7-12-6-8-14(20)15(21)10-12/h2-10H,11H2,1H3,(H,22,23)/b9-7+. The van der Waals surface area contributed by atoms with Gasteiger partial charge in [0.2, 0.25) is 0 Å². The topological polar surface area (TPSA) is 81.7 Å². The quantitative estimate of drug-likeness (QED) is 0.578. The number of esters is 2. The Balaban J connectivity index is 1.90. The number of hydrogen-bond acceptors (Lipinski definition) is 5. The van der Waals surface area contributed by atoms with Crippen molar-refractivity contribution in [3.8, 4) is 0 Å². The lowest BCUT2D eigenvalue weighted by Gasteiger charge is -2.09. The number of carbonyl (C=O) groups is 3. The van der Waals surface area contributed by atoms with Gasteiger partial charge in [0.1, 0.15) is 0 Å². The predicted octanol–water partition coefficient (Wildman–Crippen LogP) is 3.98. The highest BCUT2D eigenvalue weighted by Gasteiger charge is 2.13. The number of hydrogen-bond donors (Lipinski definition) is 1. The number of ether oxygens (including phenoxy) is 2. The molecule has 0 aliphatic rings. The van der Waals surface area contributed by atoms with Crippen molar-refractivity contribution in [1.29, 1.82) is 0 Å². The first kappa shape index (κ1) is 20.5. The summed E-state index contributed by atoms with van der Waals surface area (Å²) in [6.45, 7) is -0.514. The van der Waals surface area contributed by atoms with E-state index < -0.39 is 24.5 Å². The molecule has 0 aliphatic carbocycles. The molecular formula is C19H15Cl2NO5. The van der Waals surface area contributed by atoms with E-state index in [1.165, 1.54) is 25.3 Å². The van der Waals surface area contributed by atoms with Crippen LogP contribution in [-0.4, -0.2) is 31.6 Å². The number of nitrogens with one attached hydrogen (secondary N) is 1. The Kier molecular flexibility index (Phi) is 7.40. The van der Waals surface area contributed by atoms with E-state index in [2.05, 4.69) is 10.1 Å². The highest BCUT2D eigenvalue weighted by atomic mass is 35.5. The molecule has 1 amide bonds. The van der Waals surface area contributed by atoms with Gasteiger partial charge in [0.15, 0.2) is 6.61 Å². The predicted molar refractivity (Wildman–Crippen MR) is 103 cm³/mol. The summed E-state index contributed by atoms with van der Waals surface area (Å²) >= 11 is 11.7. The monoisotopic (exact) mass is 407 g/mol. The van der Waals surface area contributed by atoms with Gasteiger partial charge in [-0.25, -0.2) is 9.59 Å². The summed E-state index contributed by atoms with van der Waals surface area (Å²) in [6.07, 6.45) is 2.64. The smallest absolute Gasteiger partial charge is 0.339 e. The fraction of sp³-hybridized carbons (Fsp3) is 0.105. The lowest BCUT2D eigenvalue weighted by atomic mass is 10.2. The van der Waals surface area contributed by atoms with Crippen LogP contribution in [0.15, 0.2) is 48.5 Å². The van der Waals surface area contributed by atoms with Crippen molar-refractivity contribution >= 4 is 52.8 Å². The van der Waals surface area contributed by atoms with Gasteiger partial charge in [-0.15, -0.1) is 0 Å². The summed E-state index contributed by atoms with van der Waals surface area (Å²) in [7, 11) is 1.24. The van der Waals surface area contributed by atoms with Crippen LogP contribution in [-0.2, 0) is 19.1 Å². The molecule has 0 saturated heterocycles. The molecule has 6 nitrogen and oxygen atoms in total. The number of benzene rings is 2. The molecule has 0 fully saturated rings. The zero-order valence-electron chi connectivity index (χ0n) is 14.2. The molecule has 0 spiro atoms. The van der Waals surface area contributed by atoms with Gasteiger partial charge in [0.25, 0.3) is 5.91 Å². The minimum atomic E-state index is -0.711. The summed E-state index contributed by atoms with van der Waals surface area (Å²) in [5.74, 6) is -1.90. The van der Waals surface area contributed by atoms with Gasteiger partial charge < -0.3 is 14.8 Å². The van der Waals surface area contributed by atoms with E-state index in [9.17, 15) is 14.4 Å². The van der Waals surface area contributed by atoms with Crippen LogP contribution >= 0.6 is 23.2 Å². The molecule has 0 atom stereocenters. The zero-order chi connectivity index (χ0) is 19.8. The van der Waals surface area contributed by atoms with Gasteiger partial charge in [0, 0.05) is 6.08 Å². The van der Waals surface area contributed by atoms with E-state index >= 15 is 0 Å². The third-order valence-corrected chi connectivity index (χ3v) is 4.05. The average molecular weight is 408 g/mol. The molecule has 0 radical (unpaired) electrons. The van der Waals surface area contributed by atoms with Gasteiger partial charge in [0.05, 0.1) is 28.4 Å². The average Bonchev–Trinajstić information content (AvgIpc) is 2.67. The molecule has 2 aromatic carbocycles. The number of para-hydroxylation sites is 1. The van der Waals surface area contributed by atoms with E-state index in [-0.39, 0.29) is 11.3 Å². The summed E-state index contributed by atoms with van der Waals surface area (Å²) < 4.78 is 9.51. The van der Waals surface area contributed by atoms with E-state index in [4.69, 9.17) is 27.9 Å². The van der Waals surface area contributed by atoms with Crippen molar-refractivity contribution in [1.82, 2.24) is 0 Å². The third kappa shape index (κ3) is 6.13. The first-order valence-electron chi connectivity index (χ1n) is 7.68. The van der Waals surface area contributed by atoms with E-state index in [0.717, 1.165) is 6.08 Å². The molecule has 0 aromatic heterocycles. The Labute approximate surface area is 165 Å². The van der Waals surface area contributed by atoms with Crippen LogP contribution in [0.1, 0.15) is 15.9 Å². The highest BCUT2D eigenvalue weighted by molar-refractivity contribution is 6.42. The number of amides is 1. The molecule has 1 N–H and O–H groups in total. The Morgan fingerprint density at radius 2 is 1.81 bits per heavy atom. The molecule has 8 heteroatoms. The van der Waals surface area contributed by atoms with Gasteiger partial charge >= 0.3 is 11.9 Å². The van der Waals surface area contributed by atoms with Crippen molar-refractivity contribution in [2.45, 2.75) is 0 Å². The Morgan fingerprint density at radius 3 is 2.52 bits per heavy atom. The fourth-order valence-corrected chi connectivity index (χ4v) is 2.34. The van der Waals surface area contributed by atoms with E-state index in [0.29, 0.717) is 15.6 Å². The Bertz CT molecular complexity index is 895. The van der Waals surface area contributed by atoms with Crippen LogP contribution < -0.4 is 5.32 Å². The minimum Gasteiger partial charge on any atom is -0.465 e. The highest BCUT2D eigenvalue weighted by Crippen LogP contribution is 2.23. The fourth-order valence-electron chi connectivity index (χ4n) is 2.03. The maximum atomic E-state index is 11.9. The van der Waals surface area contributed by atoms with E-state index in [1.54, 1.807) is 30.3 Å². The molecule has 27 heavy (non-hydrogen) atoms. The molecule has 0 bridgehead atoms. The van der Waals surface area contributed by atoms with Crippen molar-refractivity contribution in [2.75, 3.05) is 19.0 Å². The van der Waals surface area contributed by atoms with Gasteiger partial charge in [-0.3, -0.25) is 4.79 Å². The summed E-state index contributed by atoms with van der Waals surface area (Å²) in [5, 5.41) is 3.26. The van der Waals surface area contributed by atoms with Crippen LogP contribution in [0.3, 0.4) is 0 Å². The van der Waals surface area contributed by atoms with Crippen LogP contribution in [0, 0.1) is 0 Å². The van der Waals surface area contributed by atoms with Crippen LogP contribution in [0.2, 0.25) is 10.0 Å². The summed E-state index contributed by atoms with van der Waals surface area (Å²) in [4.78, 5) is 35.3. The maximum absolute atomic E-state index is 11.9. The Morgan fingerprint density at radius 1 is 1.07 bits per heavy atom. The Hall–Kier alpha value is -2.83. The van der Waals surface area contributed by atoms with Gasteiger partial charge in [-0.2, -0.15) is 0 Å². The summed E-state index contributed by atoms with van der Waals surface area (Å²) in [6, 6.07) is 11.2. The van der Waals surface area contributed by atoms with Crippen molar-refractivity contribution in [2.24, 2.45) is 0 Å². The van der Waals surface area contributed by atoms with E-state index in [1.807, 2.05) is 0 Å². The molecule has 0 unspecified atom stereocenters. The first-order valence-corrected chi connectivity index (χ1v) is 8.43. The lowest BCUT2D eigenvalue weighted by molar-refractivity contribution is -0.142. The number of halogens is 2. The van der Waals surface area contributed by atoms with Crippen LogP contribution in [0.5, 0.6) is 0 Å². The molecule has 0 aliphatic heterocycles. The molecule has 2 rings (SSSR count). The second-order valence-electron chi connectivity index (χ2n) is 5.20. The third-order valence-electron chi connectivity index (χ3n) is 3.31. The van der Waals surface area contributed by atoms with Crippen LogP contribution in [0.4, 0.5) is 5.69 Å². The normalized spacial score (nSPS) is 10.5. The minimum absolute atomic E-state index is 0.194. The molecule has 0 heterocycles. The molecular weight excluding hydrogens is 393 g/mol. The van der Waals surface area contributed by atoms with Crippen molar-refractivity contribution in [3.63, 3.8) is 0 Å². The SMILES string of the molecule is COC(=O)c1ccccc1NC(=O)COC(=O)/C=C/c1ccc(Cl)c(Cl)c1. The largest absolute Gasteiger partial charge is 0.465 e. The summed E-state index contributed by atoms with van der Waals surface area (Å²) in [5.41, 5.74) is 1.11. The number of carbonyl (C=O) groups excluding carboxylic acids is 3. The van der Waals surface area contributed by atoms with Crippen molar-refractivity contribution < 1.29 is 23.9 Å². The van der Waals surface area contributed by atoms with Crippen molar-refractivity contribution in [3.05, 3.63) is 69.7 Å². The van der Waals surface area contributed by atoms with Gasteiger partial charge in [-0.05, 0) is 35.9 Å². The maximum Gasteiger partial charge on any atom is 0.339 e. The molecule has 140 valence electrons. The zero-order valence-corrected chi connectivity index (χ0v) is 15.7. The first-order chi connectivity index (χ1) is 12.9. The molecule has 2 aromatic rings. The number of rotatable bonds is 6. The lowest BCUT2D eigenvalue weighted by Crippen LogP contribution is -2.21. The number of anilines is 1. The second kappa shape index (κ2) is 9.75. The van der Waals surface area contributed by atoms with Crippen LogP contribution in [0.25, 0.3) is 6.08 Å². The second-order valence-corrected chi connectivity index (χ2v) is 6.01.